The third-order valence-electron chi connectivity index (χ3n) is 3.93. The first-order valence-electron chi connectivity index (χ1n) is 8.16. The largest absolute Gasteiger partial charge is 0.484 e. The SMILES string of the molecule is Cc1cc(OCC(=O)NNC(=O)C(=O)N2CCCCC2)cc(C)c1Cl. The maximum Gasteiger partial charge on any atom is 0.327 e. The summed E-state index contributed by atoms with van der Waals surface area (Å²) in [5, 5.41) is 0.653. The van der Waals surface area contributed by atoms with Crippen LogP contribution in [0.1, 0.15) is 30.4 Å². The first kappa shape index (κ1) is 19.1. The van der Waals surface area contributed by atoms with E-state index in [0.29, 0.717) is 23.9 Å². The minimum atomic E-state index is -0.853. The van der Waals surface area contributed by atoms with Crippen molar-refractivity contribution in [3.05, 3.63) is 28.3 Å². The van der Waals surface area contributed by atoms with Crippen LogP contribution in [0.2, 0.25) is 5.02 Å². The average Bonchev–Trinajstić information content (AvgIpc) is 2.62. The highest BCUT2D eigenvalue weighted by atomic mass is 35.5. The number of hydrazine groups is 1. The molecule has 3 amide bonds. The third-order valence-corrected chi connectivity index (χ3v) is 4.53. The fourth-order valence-corrected chi connectivity index (χ4v) is 2.70. The molecule has 0 aromatic heterocycles. The zero-order chi connectivity index (χ0) is 18.4. The van der Waals surface area contributed by atoms with Gasteiger partial charge in [0.05, 0.1) is 0 Å². The standard InChI is InChI=1S/C17H22ClN3O4/c1-11-8-13(9-12(2)15(11)18)25-10-14(22)19-20-16(23)17(24)21-6-4-3-5-7-21/h8-9H,3-7,10H2,1-2H3,(H,19,22)(H,20,23). The first-order valence-corrected chi connectivity index (χ1v) is 8.54. The third kappa shape index (κ3) is 5.35. The Morgan fingerprint density at radius 1 is 1.08 bits per heavy atom. The van der Waals surface area contributed by atoms with Crippen LogP contribution in [0.3, 0.4) is 0 Å². The summed E-state index contributed by atoms with van der Waals surface area (Å²) < 4.78 is 5.38. The van der Waals surface area contributed by atoms with Crippen molar-refractivity contribution in [1.82, 2.24) is 15.8 Å². The Labute approximate surface area is 151 Å². The number of ether oxygens (including phenoxy) is 1. The van der Waals surface area contributed by atoms with Crippen molar-refractivity contribution in [2.75, 3.05) is 19.7 Å². The van der Waals surface area contributed by atoms with E-state index >= 15 is 0 Å². The molecule has 2 rings (SSSR count). The van der Waals surface area contributed by atoms with Gasteiger partial charge in [0.2, 0.25) is 0 Å². The smallest absolute Gasteiger partial charge is 0.327 e. The molecule has 1 aliphatic rings. The molecule has 0 bridgehead atoms. The molecule has 0 aliphatic carbocycles. The topological polar surface area (TPSA) is 87.7 Å². The molecule has 0 saturated carbocycles. The number of amides is 3. The maximum atomic E-state index is 11.9. The second-order valence-electron chi connectivity index (χ2n) is 6.01. The number of halogens is 1. The quantitative estimate of drug-likeness (QED) is 0.626. The van der Waals surface area contributed by atoms with Crippen LogP contribution in [0.15, 0.2) is 12.1 Å². The number of rotatable bonds is 3. The van der Waals surface area contributed by atoms with Gasteiger partial charge in [-0.05, 0) is 56.4 Å². The van der Waals surface area contributed by atoms with Crippen molar-refractivity contribution >= 4 is 29.3 Å². The van der Waals surface area contributed by atoms with Gasteiger partial charge >= 0.3 is 11.8 Å². The van der Waals surface area contributed by atoms with Crippen LogP contribution < -0.4 is 15.6 Å². The summed E-state index contributed by atoms with van der Waals surface area (Å²) in [5.74, 6) is -1.55. The predicted octanol–water partition coefficient (Wildman–Crippen LogP) is 1.50. The van der Waals surface area contributed by atoms with Gasteiger partial charge in [-0.1, -0.05) is 11.6 Å². The Morgan fingerprint density at radius 2 is 1.68 bits per heavy atom. The molecule has 0 radical (unpaired) electrons. The molecule has 1 fully saturated rings. The number of hydrogen-bond donors (Lipinski definition) is 2. The first-order chi connectivity index (χ1) is 11.9. The molecule has 2 N–H and O–H groups in total. The lowest BCUT2D eigenvalue weighted by Gasteiger charge is -2.25. The highest BCUT2D eigenvalue weighted by Gasteiger charge is 2.23. The molecule has 0 atom stereocenters. The maximum absolute atomic E-state index is 11.9. The number of benzene rings is 1. The van der Waals surface area contributed by atoms with Crippen molar-refractivity contribution in [3.8, 4) is 5.75 Å². The number of aryl methyl sites for hydroxylation is 2. The highest BCUT2D eigenvalue weighted by Crippen LogP contribution is 2.25. The molecule has 136 valence electrons. The fourth-order valence-electron chi connectivity index (χ4n) is 2.60. The van der Waals surface area contributed by atoms with Gasteiger partial charge in [0.1, 0.15) is 5.75 Å². The zero-order valence-corrected chi connectivity index (χ0v) is 15.1. The summed E-state index contributed by atoms with van der Waals surface area (Å²) in [5.41, 5.74) is 5.98. The van der Waals surface area contributed by atoms with Gasteiger partial charge in [-0.25, -0.2) is 0 Å². The summed E-state index contributed by atoms with van der Waals surface area (Å²) in [7, 11) is 0. The second kappa shape index (κ2) is 8.71. The Bertz CT molecular complexity index is 649. The van der Waals surface area contributed by atoms with Gasteiger partial charge in [-0.3, -0.25) is 25.2 Å². The molecule has 1 heterocycles. The molecule has 0 unspecified atom stereocenters. The molecule has 8 heteroatoms. The minimum Gasteiger partial charge on any atom is -0.484 e. The molecule has 0 spiro atoms. The van der Waals surface area contributed by atoms with Crippen LogP contribution in [-0.4, -0.2) is 42.3 Å². The fraction of sp³-hybridized carbons (Fsp3) is 0.471. The summed E-state index contributed by atoms with van der Waals surface area (Å²) in [6.07, 6.45) is 2.83. The van der Waals surface area contributed by atoms with Gasteiger partial charge in [0.25, 0.3) is 5.91 Å². The van der Waals surface area contributed by atoms with E-state index in [4.69, 9.17) is 16.3 Å². The molecule has 1 aromatic rings. The van der Waals surface area contributed by atoms with Crippen LogP contribution >= 0.6 is 11.6 Å². The second-order valence-corrected chi connectivity index (χ2v) is 6.39. The molecule has 7 nitrogen and oxygen atoms in total. The van der Waals surface area contributed by atoms with Crippen molar-refractivity contribution in [1.29, 1.82) is 0 Å². The van der Waals surface area contributed by atoms with Crippen molar-refractivity contribution < 1.29 is 19.1 Å². The van der Waals surface area contributed by atoms with Crippen LogP contribution in [0.4, 0.5) is 0 Å². The number of carbonyl (C=O) groups excluding carboxylic acids is 3. The van der Waals surface area contributed by atoms with Gasteiger partial charge in [0.15, 0.2) is 6.61 Å². The highest BCUT2D eigenvalue weighted by molar-refractivity contribution is 6.35. The van der Waals surface area contributed by atoms with Crippen molar-refractivity contribution in [2.45, 2.75) is 33.1 Å². The van der Waals surface area contributed by atoms with Gasteiger partial charge in [0, 0.05) is 18.1 Å². The molecular formula is C17H22ClN3O4. The summed E-state index contributed by atoms with van der Waals surface area (Å²) in [4.78, 5) is 36.9. The lowest BCUT2D eigenvalue weighted by molar-refractivity contribution is -0.147. The van der Waals surface area contributed by atoms with Crippen molar-refractivity contribution in [2.24, 2.45) is 0 Å². The van der Waals surface area contributed by atoms with E-state index in [1.165, 1.54) is 4.90 Å². The van der Waals surface area contributed by atoms with E-state index in [0.717, 1.165) is 30.4 Å². The average molecular weight is 368 g/mol. The van der Waals surface area contributed by atoms with Crippen LogP contribution in [-0.2, 0) is 14.4 Å². The number of carbonyl (C=O) groups is 3. The Kier molecular flexibility index (Phi) is 6.64. The number of nitrogens with one attached hydrogen (secondary N) is 2. The van der Waals surface area contributed by atoms with E-state index in [-0.39, 0.29) is 6.61 Å². The number of hydrogen-bond acceptors (Lipinski definition) is 4. The van der Waals surface area contributed by atoms with E-state index in [9.17, 15) is 14.4 Å². The lowest BCUT2D eigenvalue weighted by atomic mass is 10.1. The Morgan fingerprint density at radius 3 is 2.28 bits per heavy atom. The summed E-state index contributed by atoms with van der Waals surface area (Å²) >= 11 is 6.07. The van der Waals surface area contributed by atoms with Crippen LogP contribution in [0.5, 0.6) is 5.75 Å². The molecule has 25 heavy (non-hydrogen) atoms. The predicted molar refractivity (Wildman–Crippen MR) is 93.1 cm³/mol. The normalized spacial score (nSPS) is 14.0. The summed E-state index contributed by atoms with van der Waals surface area (Å²) in [6, 6.07) is 3.45. The summed E-state index contributed by atoms with van der Waals surface area (Å²) in [6.45, 7) is 4.53. The van der Waals surface area contributed by atoms with E-state index in [1.54, 1.807) is 12.1 Å². The van der Waals surface area contributed by atoms with E-state index < -0.39 is 17.7 Å². The minimum absolute atomic E-state index is 0.293. The molecular weight excluding hydrogens is 346 g/mol. The monoisotopic (exact) mass is 367 g/mol. The van der Waals surface area contributed by atoms with Gasteiger partial charge < -0.3 is 9.64 Å². The Hall–Kier alpha value is -2.28. The van der Waals surface area contributed by atoms with Gasteiger partial charge in [-0.2, -0.15) is 0 Å². The molecule has 1 aliphatic heterocycles. The van der Waals surface area contributed by atoms with E-state index in [1.807, 2.05) is 13.8 Å². The number of piperidine rings is 1. The zero-order valence-electron chi connectivity index (χ0n) is 14.4. The van der Waals surface area contributed by atoms with Crippen molar-refractivity contribution in [3.63, 3.8) is 0 Å². The number of likely N-dealkylation sites (tertiary alicyclic amines) is 1. The van der Waals surface area contributed by atoms with E-state index in [2.05, 4.69) is 10.9 Å². The lowest BCUT2D eigenvalue weighted by Crippen LogP contribution is -2.51. The Balaban J connectivity index is 1.76. The van der Waals surface area contributed by atoms with Crippen LogP contribution in [0, 0.1) is 13.8 Å². The van der Waals surface area contributed by atoms with Gasteiger partial charge in [-0.15, -0.1) is 0 Å². The molecule has 1 saturated heterocycles. The molecule has 1 aromatic carbocycles. The number of nitrogens with zero attached hydrogens (tertiary/aromatic N) is 1. The van der Waals surface area contributed by atoms with Crippen LogP contribution in [0.25, 0.3) is 0 Å².